The van der Waals surface area contributed by atoms with E-state index in [1.165, 1.54) is 0 Å². The molecule has 1 saturated heterocycles. The molecule has 8 heteroatoms. The SMILES string of the molecule is Nc1ncc(CN2CCCC(c3nc(-c4ccccc4)nn3CCO)CC2)cn1. The van der Waals surface area contributed by atoms with Crippen LogP contribution in [0.2, 0.25) is 0 Å². The first-order chi connectivity index (χ1) is 14.2. The zero-order chi connectivity index (χ0) is 20.1. The van der Waals surface area contributed by atoms with Gasteiger partial charge in [0, 0.05) is 36.0 Å². The van der Waals surface area contributed by atoms with Crippen molar-refractivity contribution in [3.05, 3.63) is 54.1 Å². The molecular weight excluding hydrogens is 366 g/mol. The molecule has 152 valence electrons. The molecule has 1 fully saturated rings. The first-order valence-electron chi connectivity index (χ1n) is 10.1. The Balaban J connectivity index is 1.48. The van der Waals surface area contributed by atoms with E-state index in [2.05, 4.69) is 20.0 Å². The zero-order valence-corrected chi connectivity index (χ0v) is 16.5. The summed E-state index contributed by atoms with van der Waals surface area (Å²) in [5.74, 6) is 2.35. The minimum atomic E-state index is 0.0561. The summed E-state index contributed by atoms with van der Waals surface area (Å²) in [6.45, 7) is 3.35. The summed E-state index contributed by atoms with van der Waals surface area (Å²) < 4.78 is 1.89. The number of hydrogen-bond donors (Lipinski definition) is 2. The number of nitrogen functional groups attached to an aromatic ring is 1. The van der Waals surface area contributed by atoms with Crippen molar-refractivity contribution in [2.45, 2.75) is 38.3 Å². The normalized spacial score (nSPS) is 17.9. The van der Waals surface area contributed by atoms with Crippen LogP contribution in [0.5, 0.6) is 0 Å². The van der Waals surface area contributed by atoms with Crippen LogP contribution in [0.4, 0.5) is 5.95 Å². The van der Waals surface area contributed by atoms with Gasteiger partial charge in [-0.1, -0.05) is 30.3 Å². The number of nitrogens with zero attached hydrogens (tertiary/aromatic N) is 6. The Bertz CT molecular complexity index is 911. The Morgan fingerprint density at radius 2 is 1.86 bits per heavy atom. The number of hydrogen-bond acceptors (Lipinski definition) is 7. The molecule has 0 aliphatic carbocycles. The zero-order valence-electron chi connectivity index (χ0n) is 16.5. The van der Waals surface area contributed by atoms with Gasteiger partial charge in [-0.2, -0.15) is 5.10 Å². The van der Waals surface area contributed by atoms with E-state index < -0.39 is 0 Å². The van der Waals surface area contributed by atoms with Crippen LogP contribution in [0.15, 0.2) is 42.7 Å². The highest BCUT2D eigenvalue weighted by Crippen LogP contribution is 2.29. The molecule has 2 aromatic heterocycles. The average Bonchev–Trinajstić information content (AvgIpc) is 3.02. The summed E-state index contributed by atoms with van der Waals surface area (Å²) in [4.78, 5) is 15.5. The molecule has 0 radical (unpaired) electrons. The summed E-state index contributed by atoms with van der Waals surface area (Å²) in [6, 6.07) is 10.0. The number of anilines is 1. The Kier molecular flexibility index (Phi) is 6.12. The van der Waals surface area contributed by atoms with Gasteiger partial charge < -0.3 is 10.8 Å². The van der Waals surface area contributed by atoms with Crippen LogP contribution >= 0.6 is 0 Å². The molecule has 3 heterocycles. The van der Waals surface area contributed by atoms with Crippen LogP contribution < -0.4 is 5.73 Å². The molecule has 1 aliphatic heterocycles. The fourth-order valence-electron chi connectivity index (χ4n) is 3.90. The summed E-state index contributed by atoms with van der Waals surface area (Å²) in [7, 11) is 0. The average molecular weight is 393 g/mol. The lowest BCUT2D eigenvalue weighted by atomic mass is 10.00. The predicted octanol–water partition coefficient (Wildman–Crippen LogP) is 2.08. The van der Waals surface area contributed by atoms with Crippen LogP contribution in [0.25, 0.3) is 11.4 Å². The van der Waals surface area contributed by atoms with Crippen LogP contribution in [0, 0.1) is 0 Å². The number of benzene rings is 1. The molecule has 1 aromatic carbocycles. The highest BCUT2D eigenvalue weighted by molar-refractivity contribution is 5.54. The predicted molar refractivity (Wildman–Crippen MR) is 111 cm³/mol. The van der Waals surface area contributed by atoms with E-state index in [-0.39, 0.29) is 6.61 Å². The second-order valence-electron chi connectivity index (χ2n) is 7.46. The quantitative estimate of drug-likeness (QED) is 0.660. The Morgan fingerprint density at radius 1 is 1.07 bits per heavy atom. The molecule has 3 aromatic rings. The standard InChI is InChI=1S/C21H27N7O/c22-21-23-13-16(14-24-21)15-27-9-4-7-18(8-10-27)20-25-19(26-28(20)11-12-29)17-5-2-1-3-6-17/h1-3,5-6,13-14,18,29H,4,7-12,15H2,(H2,22,23,24). The van der Waals surface area contributed by atoms with Crippen molar-refractivity contribution < 1.29 is 5.11 Å². The summed E-state index contributed by atoms with van der Waals surface area (Å²) >= 11 is 0. The molecule has 0 amide bonds. The summed E-state index contributed by atoms with van der Waals surface area (Å²) in [5, 5.41) is 14.2. The second-order valence-corrected chi connectivity index (χ2v) is 7.46. The van der Waals surface area contributed by atoms with E-state index in [4.69, 9.17) is 10.7 Å². The lowest BCUT2D eigenvalue weighted by Gasteiger charge is -2.19. The highest BCUT2D eigenvalue weighted by Gasteiger charge is 2.24. The van der Waals surface area contributed by atoms with Gasteiger partial charge >= 0.3 is 0 Å². The van der Waals surface area contributed by atoms with Crippen molar-refractivity contribution in [3.63, 3.8) is 0 Å². The minimum Gasteiger partial charge on any atom is -0.394 e. The van der Waals surface area contributed by atoms with E-state index in [0.29, 0.717) is 18.4 Å². The molecule has 1 atom stereocenters. The van der Waals surface area contributed by atoms with Gasteiger partial charge in [0.15, 0.2) is 5.82 Å². The van der Waals surface area contributed by atoms with Crippen molar-refractivity contribution in [1.29, 1.82) is 0 Å². The van der Waals surface area contributed by atoms with Gasteiger partial charge in [-0.3, -0.25) is 4.90 Å². The number of aliphatic hydroxyl groups is 1. The third-order valence-electron chi connectivity index (χ3n) is 5.36. The number of aliphatic hydroxyl groups excluding tert-OH is 1. The molecule has 29 heavy (non-hydrogen) atoms. The fraction of sp³-hybridized carbons (Fsp3) is 0.429. The largest absolute Gasteiger partial charge is 0.394 e. The molecule has 1 aliphatic rings. The first kappa shape index (κ1) is 19.5. The Labute approximate surface area is 170 Å². The molecule has 4 rings (SSSR count). The number of rotatable bonds is 6. The maximum Gasteiger partial charge on any atom is 0.219 e. The van der Waals surface area contributed by atoms with E-state index in [0.717, 1.165) is 61.7 Å². The van der Waals surface area contributed by atoms with E-state index in [9.17, 15) is 5.11 Å². The number of aromatic nitrogens is 5. The maximum atomic E-state index is 9.49. The van der Waals surface area contributed by atoms with Gasteiger partial charge in [-0.25, -0.2) is 19.6 Å². The highest BCUT2D eigenvalue weighted by atomic mass is 16.3. The van der Waals surface area contributed by atoms with Gasteiger partial charge in [-0.15, -0.1) is 0 Å². The smallest absolute Gasteiger partial charge is 0.219 e. The van der Waals surface area contributed by atoms with Gasteiger partial charge in [-0.05, 0) is 32.4 Å². The molecule has 1 unspecified atom stereocenters. The summed E-state index contributed by atoms with van der Waals surface area (Å²) in [5.41, 5.74) is 7.66. The topological polar surface area (TPSA) is 106 Å². The van der Waals surface area contributed by atoms with Crippen molar-refractivity contribution in [2.75, 3.05) is 25.4 Å². The summed E-state index contributed by atoms with van der Waals surface area (Å²) in [6.07, 6.45) is 6.76. The lowest BCUT2D eigenvalue weighted by Crippen LogP contribution is -2.24. The van der Waals surface area contributed by atoms with E-state index >= 15 is 0 Å². The van der Waals surface area contributed by atoms with Crippen LogP contribution in [0.3, 0.4) is 0 Å². The second kappa shape index (κ2) is 9.11. The molecule has 8 nitrogen and oxygen atoms in total. The van der Waals surface area contributed by atoms with Crippen molar-refractivity contribution in [1.82, 2.24) is 29.6 Å². The van der Waals surface area contributed by atoms with Crippen LogP contribution in [0.1, 0.15) is 36.6 Å². The Hall–Kier alpha value is -2.84. The van der Waals surface area contributed by atoms with Crippen molar-refractivity contribution in [3.8, 4) is 11.4 Å². The van der Waals surface area contributed by atoms with Gasteiger partial charge in [0.2, 0.25) is 5.95 Å². The third-order valence-corrected chi connectivity index (χ3v) is 5.36. The molecular formula is C21H27N7O. The Morgan fingerprint density at radius 3 is 2.62 bits per heavy atom. The first-order valence-corrected chi connectivity index (χ1v) is 10.1. The monoisotopic (exact) mass is 393 g/mol. The van der Waals surface area contributed by atoms with Crippen molar-refractivity contribution >= 4 is 5.95 Å². The van der Waals surface area contributed by atoms with E-state index in [1.807, 2.05) is 35.0 Å². The number of likely N-dealkylation sites (tertiary alicyclic amines) is 1. The molecule has 0 saturated carbocycles. The van der Waals surface area contributed by atoms with Gasteiger partial charge in [0.05, 0.1) is 13.2 Å². The fourth-order valence-corrected chi connectivity index (χ4v) is 3.90. The van der Waals surface area contributed by atoms with Gasteiger partial charge in [0.25, 0.3) is 0 Å². The molecule has 0 spiro atoms. The number of nitrogens with two attached hydrogens (primary N) is 1. The van der Waals surface area contributed by atoms with Gasteiger partial charge in [0.1, 0.15) is 5.82 Å². The molecule has 0 bridgehead atoms. The lowest BCUT2D eigenvalue weighted by molar-refractivity contribution is 0.263. The minimum absolute atomic E-state index is 0.0561. The maximum absolute atomic E-state index is 9.49. The third kappa shape index (κ3) is 4.78. The van der Waals surface area contributed by atoms with Crippen LogP contribution in [-0.2, 0) is 13.1 Å². The van der Waals surface area contributed by atoms with Crippen molar-refractivity contribution in [2.24, 2.45) is 0 Å². The van der Waals surface area contributed by atoms with Crippen LogP contribution in [-0.4, -0.2) is 54.4 Å². The van der Waals surface area contributed by atoms with E-state index in [1.54, 1.807) is 12.4 Å². The molecule has 3 N–H and O–H groups in total.